The normalized spacial score (nSPS) is 13.0. The van der Waals surface area contributed by atoms with Crippen molar-refractivity contribution in [2.24, 2.45) is 0 Å². The van der Waals surface area contributed by atoms with Gasteiger partial charge in [0.15, 0.2) is 6.10 Å². The molecule has 0 spiro atoms. The Morgan fingerprint density at radius 1 is 0.591 bits per heavy atom. The summed E-state index contributed by atoms with van der Waals surface area (Å²) in [5.74, 6) is -1.73. The number of quaternary nitrogens is 1. The Kier molecular flexibility index (Phi) is 27.7. The lowest BCUT2D eigenvalue weighted by Gasteiger charge is -2.34. The van der Waals surface area contributed by atoms with Gasteiger partial charge in [0.25, 0.3) is 0 Å². The zero-order chi connectivity index (χ0) is 32.9. The molecule has 2 atom stereocenters. The number of unbranched alkanes of at least 4 members (excludes halogenated alkanes) is 18. The van der Waals surface area contributed by atoms with Crippen molar-refractivity contribution in [3.05, 3.63) is 0 Å². The fourth-order valence-corrected chi connectivity index (χ4v) is 5.36. The van der Waals surface area contributed by atoms with E-state index in [0.717, 1.165) is 38.5 Å². The van der Waals surface area contributed by atoms with Gasteiger partial charge in [0.2, 0.25) is 0 Å². The molecule has 0 fully saturated rings. The lowest BCUT2D eigenvalue weighted by atomic mass is 10.0. The molecule has 260 valence electrons. The molecular weight excluding hydrogens is 558 g/mol. The zero-order valence-electron chi connectivity index (χ0n) is 29.3. The number of carboxylic acids is 1. The highest BCUT2D eigenvalue weighted by Gasteiger charge is 2.25. The average molecular weight is 628 g/mol. The maximum atomic E-state index is 12.5. The molecule has 0 bridgehead atoms. The molecule has 0 heterocycles. The standard InChI is InChI=1S/C36H69NO7/c1-6-8-10-12-14-15-16-17-18-19-21-22-24-26-34(38)43-31-32(30-42-29-28-33(36(40)41)37(3,4)5)44-35(39)27-25-23-20-13-11-9-7-2/h32-33H,6-31H2,1-5H3. The minimum absolute atomic E-state index is 0.0473. The molecule has 2 unspecified atom stereocenters. The number of likely N-dealkylation sites (N-methyl/N-ethyl adjacent to an activating group) is 1. The largest absolute Gasteiger partial charge is 0.544 e. The van der Waals surface area contributed by atoms with Crippen LogP contribution in [0.25, 0.3) is 0 Å². The number of hydrogen-bond donors (Lipinski definition) is 0. The van der Waals surface area contributed by atoms with E-state index in [1.165, 1.54) is 89.9 Å². The van der Waals surface area contributed by atoms with Crippen molar-refractivity contribution in [1.82, 2.24) is 0 Å². The zero-order valence-corrected chi connectivity index (χ0v) is 29.3. The Morgan fingerprint density at radius 2 is 1.00 bits per heavy atom. The second-order valence-electron chi connectivity index (χ2n) is 13.5. The molecule has 0 aliphatic rings. The van der Waals surface area contributed by atoms with Gasteiger partial charge in [-0.25, -0.2) is 0 Å². The molecule has 0 aliphatic carbocycles. The van der Waals surface area contributed by atoms with Crippen LogP contribution in [-0.2, 0) is 28.6 Å². The van der Waals surface area contributed by atoms with Gasteiger partial charge < -0.3 is 28.6 Å². The third-order valence-corrected chi connectivity index (χ3v) is 8.24. The van der Waals surface area contributed by atoms with Crippen LogP contribution >= 0.6 is 0 Å². The number of aliphatic carboxylic acids is 1. The molecule has 44 heavy (non-hydrogen) atoms. The third kappa shape index (κ3) is 26.7. The van der Waals surface area contributed by atoms with Crippen LogP contribution in [0.5, 0.6) is 0 Å². The molecule has 0 aromatic heterocycles. The van der Waals surface area contributed by atoms with Crippen molar-refractivity contribution < 1.29 is 38.2 Å². The van der Waals surface area contributed by atoms with Gasteiger partial charge >= 0.3 is 11.9 Å². The van der Waals surface area contributed by atoms with Crippen molar-refractivity contribution in [3.63, 3.8) is 0 Å². The molecule has 0 aromatic rings. The van der Waals surface area contributed by atoms with Crippen LogP contribution in [-0.4, -0.2) is 75.5 Å². The number of esters is 2. The van der Waals surface area contributed by atoms with Gasteiger partial charge in [-0.05, 0) is 12.8 Å². The maximum absolute atomic E-state index is 12.5. The molecule has 0 radical (unpaired) electrons. The average Bonchev–Trinajstić information content (AvgIpc) is 2.96. The van der Waals surface area contributed by atoms with E-state index >= 15 is 0 Å². The molecule has 0 amide bonds. The predicted octanol–water partition coefficient (Wildman–Crippen LogP) is 7.29. The van der Waals surface area contributed by atoms with Gasteiger partial charge in [0.05, 0.1) is 40.3 Å². The quantitative estimate of drug-likeness (QED) is 0.0438. The van der Waals surface area contributed by atoms with E-state index in [9.17, 15) is 19.5 Å². The summed E-state index contributed by atoms with van der Waals surface area (Å²) in [6, 6.07) is -0.716. The minimum atomic E-state index is -1.12. The van der Waals surface area contributed by atoms with Crippen LogP contribution in [0.3, 0.4) is 0 Å². The van der Waals surface area contributed by atoms with Crippen molar-refractivity contribution in [2.75, 3.05) is 41.0 Å². The number of nitrogens with zero attached hydrogens (tertiary/aromatic N) is 1. The molecular formula is C36H69NO7. The summed E-state index contributed by atoms with van der Waals surface area (Å²) in [6.07, 6.45) is 24.2. The van der Waals surface area contributed by atoms with E-state index < -0.39 is 18.1 Å². The first-order valence-corrected chi connectivity index (χ1v) is 18.1. The van der Waals surface area contributed by atoms with E-state index in [0.29, 0.717) is 12.8 Å². The number of carbonyl (C=O) groups is 3. The van der Waals surface area contributed by atoms with E-state index in [1.807, 2.05) is 0 Å². The maximum Gasteiger partial charge on any atom is 0.306 e. The summed E-state index contributed by atoms with van der Waals surface area (Å²) in [5.41, 5.74) is 0. The summed E-state index contributed by atoms with van der Waals surface area (Å²) in [7, 11) is 5.39. The first-order valence-electron chi connectivity index (χ1n) is 18.1. The van der Waals surface area contributed by atoms with Crippen LogP contribution in [0.15, 0.2) is 0 Å². The van der Waals surface area contributed by atoms with Gasteiger partial charge in [-0.2, -0.15) is 0 Å². The van der Waals surface area contributed by atoms with Crippen LogP contribution < -0.4 is 5.11 Å². The summed E-state index contributed by atoms with van der Waals surface area (Å²) < 4.78 is 17.0. The SMILES string of the molecule is CCCCCCCCCCCCCCCC(=O)OCC(COCCC(C(=O)[O-])[N+](C)(C)C)OC(=O)CCCCCCCCC. The number of carboxylic acid groups (broad SMARTS) is 1. The molecule has 0 rings (SSSR count). The fourth-order valence-electron chi connectivity index (χ4n) is 5.36. The minimum Gasteiger partial charge on any atom is -0.544 e. The number of hydrogen-bond acceptors (Lipinski definition) is 7. The first kappa shape index (κ1) is 42.3. The molecule has 0 aromatic carbocycles. The summed E-state index contributed by atoms with van der Waals surface area (Å²) in [5, 5.41) is 11.5. The highest BCUT2D eigenvalue weighted by molar-refractivity contribution is 5.70. The molecule has 0 aliphatic heterocycles. The van der Waals surface area contributed by atoms with Crippen molar-refractivity contribution in [1.29, 1.82) is 0 Å². The molecule has 0 N–H and O–H groups in total. The van der Waals surface area contributed by atoms with Crippen molar-refractivity contribution in [3.8, 4) is 0 Å². The lowest BCUT2D eigenvalue weighted by Crippen LogP contribution is -2.55. The van der Waals surface area contributed by atoms with Crippen LogP contribution in [0.4, 0.5) is 0 Å². The predicted molar refractivity (Wildman–Crippen MR) is 176 cm³/mol. The highest BCUT2D eigenvalue weighted by Crippen LogP contribution is 2.14. The third-order valence-electron chi connectivity index (χ3n) is 8.24. The van der Waals surface area contributed by atoms with Crippen LogP contribution in [0.2, 0.25) is 0 Å². The van der Waals surface area contributed by atoms with Gasteiger partial charge in [-0.3, -0.25) is 9.59 Å². The summed E-state index contributed by atoms with van der Waals surface area (Å²) in [6.45, 7) is 4.61. The summed E-state index contributed by atoms with van der Waals surface area (Å²) >= 11 is 0. The highest BCUT2D eigenvalue weighted by atomic mass is 16.6. The van der Waals surface area contributed by atoms with Crippen molar-refractivity contribution >= 4 is 17.9 Å². The topological polar surface area (TPSA) is 102 Å². The Bertz CT molecular complexity index is 707. The van der Waals surface area contributed by atoms with Gasteiger partial charge in [0, 0.05) is 19.3 Å². The summed E-state index contributed by atoms with van der Waals surface area (Å²) in [4.78, 5) is 36.4. The Balaban J connectivity index is 4.35. The van der Waals surface area contributed by atoms with E-state index in [2.05, 4.69) is 13.8 Å². The van der Waals surface area contributed by atoms with E-state index in [1.54, 1.807) is 21.1 Å². The van der Waals surface area contributed by atoms with Gasteiger partial charge in [-0.1, -0.05) is 129 Å². The molecule has 0 saturated carbocycles. The van der Waals surface area contributed by atoms with Crippen LogP contribution in [0.1, 0.15) is 162 Å². The smallest absolute Gasteiger partial charge is 0.306 e. The lowest BCUT2D eigenvalue weighted by molar-refractivity contribution is -0.889. The number of carbonyl (C=O) groups excluding carboxylic acids is 3. The monoisotopic (exact) mass is 628 g/mol. The molecule has 8 heteroatoms. The van der Waals surface area contributed by atoms with E-state index in [4.69, 9.17) is 14.2 Å². The second kappa shape index (κ2) is 28.8. The number of ether oxygens (including phenoxy) is 3. The second-order valence-corrected chi connectivity index (χ2v) is 13.5. The first-order chi connectivity index (χ1) is 21.1. The van der Waals surface area contributed by atoms with Gasteiger partial charge in [-0.15, -0.1) is 0 Å². The Morgan fingerprint density at radius 3 is 1.41 bits per heavy atom. The van der Waals surface area contributed by atoms with Crippen molar-refractivity contribution in [2.45, 2.75) is 174 Å². The molecule has 0 saturated heterocycles. The van der Waals surface area contributed by atoms with E-state index in [-0.39, 0.29) is 42.7 Å². The van der Waals surface area contributed by atoms with Crippen LogP contribution in [0, 0.1) is 0 Å². The fraction of sp³-hybridized carbons (Fsp3) is 0.917. The Labute approximate surface area is 270 Å². The van der Waals surface area contributed by atoms with Gasteiger partial charge in [0.1, 0.15) is 12.6 Å². The number of rotatable bonds is 32. The Hall–Kier alpha value is -1.67. The molecule has 8 nitrogen and oxygen atoms in total.